The van der Waals surface area contributed by atoms with Crippen molar-refractivity contribution in [3.8, 4) is 11.1 Å². The van der Waals surface area contributed by atoms with Gasteiger partial charge in [-0.1, -0.05) is 18.1 Å². The monoisotopic (exact) mass is 329 g/mol. The van der Waals surface area contributed by atoms with Crippen LogP contribution in [0.2, 0.25) is 0 Å². The molecule has 6 heteroatoms. The first-order chi connectivity index (χ1) is 11.5. The highest BCUT2D eigenvalue weighted by Crippen LogP contribution is 2.35. The first-order valence-electron chi connectivity index (χ1n) is 8.44. The van der Waals surface area contributed by atoms with Gasteiger partial charge < -0.3 is 9.84 Å². The van der Waals surface area contributed by atoms with Crippen LogP contribution in [0.4, 0.5) is 11.4 Å². The molecule has 1 fully saturated rings. The summed E-state index contributed by atoms with van der Waals surface area (Å²) in [6.45, 7) is 5.92. The number of hydrogen-bond acceptors (Lipinski definition) is 5. The van der Waals surface area contributed by atoms with Gasteiger partial charge in [0.15, 0.2) is 0 Å². The molecule has 1 aliphatic rings. The molecule has 0 unspecified atom stereocenters. The van der Waals surface area contributed by atoms with E-state index in [-0.39, 0.29) is 10.6 Å². The third-order valence-electron chi connectivity index (χ3n) is 4.89. The summed E-state index contributed by atoms with van der Waals surface area (Å²) in [5.74, 6) is 1.42. The third-order valence-corrected chi connectivity index (χ3v) is 4.89. The van der Waals surface area contributed by atoms with E-state index in [1.54, 1.807) is 12.1 Å². The highest BCUT2D eigenvalue weighted by molar-refractivity contribution is 5.75. The Kier molecular flexibility index (Phi) is 4.55. The molecule has 0 saturated heterocycles. The molecular weight excluding hydrogens is 306 g/mol. The summed E-state index contributed by atoms with van der Waals surface area (Å²) in [4.78, 5) is 11.2. The highest BCUT2D eigenvalue weighted by atomic mass is 16.6. The van der Waals surface area contributed by atoms with Crippen molar-refractivity contribution in [1.29, 1.82) is 0 Å². The van der Waals surface area contributed by atoms with E-state index in [1.165, 1.54) is 12.8 Å². The van der Waals surface area contributed by atoms with Gasteiger partial charge in [0, 0.05) is 17.7 Å². The Hall–Kier alpha value is -2.37. The van der Waals surface area contributed by atoms with Crippen molar-refractivity contribution in [2.45, 2.75) is 52.5 Å². The van der Waals surface area contributed by atoms with E-state index in [1.807, 2.05) is 19.9 Å². The number of anilines is 1. The zero-order valence-corrected chi connectivity index (χ0v) is 14.3. The summed E-state index contributed by atoms with van der Waals surface area (Å²) < 4.78 is 5.18. The van der Waals surface area contributed by atoms with Gasteiger partial charge in [-0.25, -0.2) is 0 Å². The molecule has 1 aromatic carbocycles. The lowest BCUT2D eigenvalue weighted by molar-refractivity contribution is -0.383. The number of nitro benzene ring substituents is 1. The number of nitrogens with zero attached hydrogens (tertiary/aromatic N) is 2. The summed E-state index contributed by atoms with van der Waals surface area (Å²) in [5, 5.41) is 18.8. The predicted molar refractivity (Wildman–Crippen MR) is 93.1 cm³/mol. The maximum Gasteiger partial charge on any atom is 0.292 e. The Morgan fingerprint density at radius 2 is 1.96 bits per heavy atom. The van der Waals surface area contributed by atoms with Crippen molar-refractivity contribution in [3.05, 3.63) is 39.8 Å². The van der Waals surface area contributed by atoms with Crippen molar-refractivity contribution < 1.29 is 9.45 Å². The topological polar surface area (TPSA) is 81.2 Å². The van der Waals surface area contributed by atoms with Gasteiger partial charge in [-0.3, -0.25) is 10.1 Å². The Morgan fingerprint density at radius 3 is 2.54 bits per heavy atom. The molecule has 0 atom stereocenters. The van der Waals surface area contributed by atoms with Gasteiger partial charge in [0.1, 0.15) is 11.4 Å². The molecule has 1 aliphatic carbocycles. The van der Waals surface area contributed by atoms with E-state index in [0.717, 1.165) is 35.6 Å². The maximum atomic E-state index is 11.5. The van der Waals surface area contributed by atoms with E-state index < -0.39 is 0 Å². The lowest BCUT2D eigenvalue weighted by Crippen LogP contribution is -2.25. The van der Waals surface area contributed by atoms with Crippen molar-refractivity contribution >= 4 is 11.4 Å². The molecule has 0 radical (unpaired) electrons. The molecule has 24 heavy (non-hydrogen) atoms. The zero-order valence-electron chi connectivity index (χ0n) is 14.3. The molecule has 128 valence electrons. The number of hydrogen-bond donors (Lipinski definition) is 1. The quantitative estimate of drug-likeness (QED) is 0.640. The van der Waals surface area contributed by atoms with Gasteiger partial charge in [-0.15, -0.1) is 0 Å². The number of nitrogens with one attached hydrogen (secondary N) is 1. The molecular formula is C18H23N3O3. The Morgan fingerprint density at radius 1 is 1.25 bits per heavy atom. The smallest absolute Gasteiger partial charge is 0.292 e. The van der Waals surface area contributed by atoms with Gasteiger partial charge >= 0.3 is 0 Å². The molecule has 3 rings (SSSR count). The number of aryl methyl sites for hydroxylation is 2. The minimum absolute atomic E-state index is 0.103. The minimum atomic E-state index is -0.324. The van der Waals surface area contributed by atoms with Crippen molar-refractivity contribution in [2.24, 2.45) is 5.92 Å². The second-order valence-corrected chi connectivity index (χ2v) is 6.79. The summed E-state index contributed by atoms with van der Waals surface area (Å²) >= 11 is 0. The zero-order chi connectivity index (χ0) is 17.3. The number of benzene rings is 1. The van der Waals surface area contributed by atoms with Crippen LogP contribution in [0.5, 0.6) is 0 Å². The molecule has 6 nitrogen and oxygen atoms in total. The lowest BCUT2D eigenvalue weighted by atomic mass is 9.87. The van der Waals surface area contributed by atoms with Crippen LogP contribution in [0.1, 0.15) is 44.1 Å². The average molecular weight is 329 g/mol. The Labute approximate surface area is 141 Å². The van der Waals surface area contributed by atoms with E-state index in [0.29, 0.717) is 17.5 Å². The van der Waals surface area contributed by atoms with Crippen LogP contribution < -0.4 is 5.32 Å². The van der Waals surface area contributed by atoms with Crippen LogP contribution in [-0.2, 0) is 0 Å². The molecule has 0 amide bonds. The van der Waals surface area contributed by atoms with Crippen LogP contribution in [-0.4, -0.2) is 16.1 Å². The number of aromatic nitrogens is 1. The second-order valence-electron chi connectivity index (χ2n) is 6.79. The lowest BCUT2D eigenvalue weighted by Gasteiger charge is -2.27. The molecule has 1 aromatic heterocycles. The fourth-order valence-corrected chi connectivity index (χ4v) is 3.48. The fourth-order valence-electron chi connectivity index (χ4n) is 3.48. The fraction of sp³-hybridized carbons (Fsp3) is 0.500. The predicted octanol–water partition coefficient (Wildman–Crippen LogP) is 4.86. The van der Waals surface area contributed by atoms with Crippen LogP contribution in [0.15, 0.2) is 22.7 Å². The molecule has 1 saturated carbocycles. The van der Waals surface area contributed by atoms with Gasteiger partial charge in [-0.05, 0) is 57.1 Å². The molecule has 0 spiro atoms. The number of nitro groups is 1. The van der Waals surface area contributed by atoms with Crippen molar-refractivity contribution in [3.63, 3.8) is 0 Å². The second kappa shape index (κ2) is 6.63. The van der Waals surface area contributed by atoms with Gasteiger partial charge in [-0.2, -0.15) is 0 Å². The average Bonchev–Trinajstić information content (AvgIpc) is 2.89. The van der Waals surface area contributed by atoms with Gasteiger partial charge in [0.2, 0.25) is 0 Å². The van der Waals surface area contributed by atoms with Crippen molar-refractivity contribution in [2.75, 3.05) is 5.32 Å². The first-order valence-corrected chi connectivity index (χ1v) is 8.44. The van der Waals surface area contributed by atoms with E-state index in [4.69, 9.17) is 4.52 Å². The Bertz CT molecular complexity index is 726. The first kappa shape index (κ1) is 16.5. The highest BCUT2D eigenvalue weighted by Gasteiger charge is 2.23. The van der Waals surface area contributed by atoms with Crippen LogP contribution in [0, 0.1) is 29.9 Å². The molecule has 0 bridgehead atoms. The standard InChI is InChI=1S/C18H23N3O3/c1-11-4-7-15(8-5-11)19-16-9-6-14(10-17(16)21(22)23)18-12(2)20-24-13(18)3/h6,9-11,15,19H,4-5,7-8H2,1-3H3. The molecule has 1 N–H and O–H groups in total. The van der Waals surface area contributed by atoms with Crippen molar-refractivity contribution in [1.82, 2.24) is 5.16 Å². The number of rotatable bonds is 4. The maximum absolute atomic E-state index is 11.5. The molecule has 1 heterocycles. The minimum Gasteiger partial charge on any atom is -0.377 e. The Balaban J connectivity index is 1.89. The normalized spacial score (nSPS) is 20.8. The van der Waals surface area contributed by atoms with Gasteiger partial charge in [0.25, 0.3) is 5.69 Å². The van der Waals surface area contributed by atoms with Crippen LogP contribution in [0.25, 0.3) is 11.1 Å². The van der Waals surface area contributed by atoms with E-state index in [9.17, 15) is 10.1 Å². The van der Waals surface area contributed by atoms with E-state index >= 15 is 0 Å². The summed E-state index contributed by atoms with van der Waals surface area (Å²) in [6.07, 6.45) is 4.46. The summed E-state index contributed by atoms with van der Waals surface area (Å²) in [6, 6.07) is 5.62. The van der Waals surface area contributed by atoms with Crippen LogP contribution >= 0.6 is 0 Å². The van der Waals surface area contributed by atoms with Crippen LogP contribution in [0.3, 0.4) is 0 Å². The molecule has 2 aromatic rings. The largest absolute Gasteiger partial charge is 0.377 e. The molecule has 0 aliphatic heterocycles. The summed E-state index contributed by atoms with van der Waals surface area (Å²) in [7, 11) is 0. The van der Waals surface area contributed by atoms with E-state index in [2.05, 4.69) is 17.4 Å². The SMILES string of the molecule is Cc1noc(C)c1-c1ccc(NC2CCC(C)CC2)c([N+](=O)[O-])c1. The summed E-state index contributed by atoms with van der Waals surface area (Å²) in [5.41, 5.74) is 3.03. The third kappa shape index (κ3) is 3.27. The van der Waals surface area contributed by atoms with Gasteiger partial charge in [0.05, 0.1) is 10.6 Å².